The Labute approximate surface area is 113 Å². The van der Waals surface area contributed by atoms with Crippen LogP contribution in [0.25, 0.3) is 0 Å². The summed E-state index contributed by atoms with van der Waals surface area (Å²) in [6, 6.07) is 6.10. The third-order valence-corrected chi connectivity index (χ3v) is 3.66. The molecule has 5 nitrogen and oxygen atoms in total. The highest BCUT2D eigenvalue weighted by Gasteiger charge is 2.24. The maximum atomic E-state index is 10.9. The Kier molecular flexibility index (Phi) is 4.50. The Bertz CT molecular complexity index is 440. The van der Waals surface area contributed by atoms with Crippen molar-refractivity contribution in [2.75, 3.05) is 0 Å². The van der Waals surface area contributed by atoms with Crippen LogP contribution >= 0.6 is 0 Å². The first-order valence-corrected chi connectivity index (χ1v) is 6.79. The molecule has 0 bridgehead atoms. The summed E-state index contributed by atoms with van der Waals surface area (Å²) in [4.78, 5) is 15.0. The minimum absolute atomic E-state index is 0.0963. The van der Waals surface area contributed by atoms with Crippen LogP contribution in [0.5, 0.6) is 0 Å². The molecular formula is C14H21N3O2. The first-order valence-electron chi connectivity index (χ1n) is 6.79. The normalized spacial score (nSPS) is 24.3. The molecular weight excluding hydrogens is 242 g/mol. The summed E-state index contributed by atoms with van der Waals surface area (Å²) in [5, 5.41) is 11.2. The first kappa shape index (κ1) is 14.0. The molecule has 2 unspecified atom stereocenters. The van der Waals surface area contributed by atoms with E-state index in [9.17, 15) is 4.79 Å². The molecule has 1 aromatic rings. The molecule has 1 saturated heterocycles. The molecule has 0 aliphatic carbocycles. The molecule has 2 rings (SSSR count). The molecule has 5 heteroatoms. The topological polar surface area (TPSA) is 65.5 Å². The van der Waals surface area contributed by atoms with E-state index in [1.165, 1.54) is 25.3 Å². The fourth-order valence-electron chi connectivity index (χ4n) is 2.60. The summed E-state index contributed by atoms with van der Waals surface area (Å²) in [5.41, 5.74) is 4.23. The molecule has 0 amide bonds. The highest BCUT2D eigenvalue weighted by atomic mass is 16.4. The molecule has 104 valence electrons. The summed E-state index contributed by atoms with van der Waals surface area (Å²) in [6.45, 7) is 4.99. The van der Waals surface area contributed by atoms with E-state index in [1.807, 2.05) is 6.07 Å². The van der Waals surface area contributed by atoms with Gasteiger partial charge in [-0.25, -0.2) is 20.2 Å². The van der Waals surface area contributed by atoms with Gasteiger partial charge in [-0.05, 0) is 38.8 Å². The summed E-state index contributed by atoms with van der Waals surface area (Å²) in [5.74, 6) is -0.985. The number of nitrogens with one attached hydrogen (secondary N) is 1. The largest absolute Gasteiger partial charge is 0.477 e. The number of carboxylic acids is 1. The van der Waals surface area contributed by atoms with Gasteiger partial charge in [-0.2, -0.15) is 0 Å². The van der Waals surface area contributed by atoms with Crippen molar-refractivity contribution in [1.29, 1.82) is 0 Å². The summed E-state index contributed by atoms with van der Waals surface area (Å²) in [6.07, 6.45) is 3.66. The smallest absolute Gasteiger partial charge is 0.354 e. The number of rotatable bonds is 4. The number of hydrogen-bond acceptors (Lipinski definition) is 4. The molecule has 0 spiro atoms. The van der Waals surface area contributed by atoms with Crippen LogP contribution in [0.15, 0.2) is 18.2 Å². The number of carbonyl (C=O) groups is 1. The zero-order valence-electron chi connectivity index (χ0n) is 11.5. The Morgan fingerprint density at radius 3 is 2.74 bits per heavy atom. The second kappa shape index (κ2) is 6.12. The van der Waals surface area contributed by atoms with Crippen molar-refractivity contribution in [3.05, 3.63) is 29.6 Å². The highest BCUT2D eigenvalue weighted by Crippen LogP contribution is 2.20. The molecule has 2 N–H and O–H groups in total. The number of piperidine rings is 1. The van der Waals surface area contributed by atoms with Crippen molar-refractivity contribution < 1.29 is 9.90 Å². The fourth-order valence-corrected chi connectivity index (χ4v) is 2.60. The van der Waals surface area contributed by atoms with Crippen LogP contribution in [0.4, 0.5) is 0 Å². The number of hydrazine groups is 1. The second-order valence-corrected chi connectivity index (χ2v) is 5.19. The third-order valence-electron chi connectivity index (χ3n) is 3.66. The van der Waals surface area contributed by atoms with Crippen LogP contribution in [0.2, 0.25) is 0 Å². The van der Waals surface area contributed by atoms with E-state index in [4.69, 9.17) is 5.11 Å². The van der Waals surface area contributed by atoms with E-state index >= 15 is 0 Å². The second-order valence-electron chi connectivity index (χ2n) is 5.19. The molecule has 2 atom stereocenters. The average Bonchev–Trinajstić information content (AvgIpc) is 2.38. The molecule has 0 radical (unpaired) electrons. The predicted octanol–water partition coefficient (Wildman–Crippen LogP) is 2.05. The van der Waals surface area contributed by atoms with Crippen molar-refractivity contribution in [2.24, 2.45) is 0 Å². The lowest BCUT2D eigenvalue weighted by Crippen LogP contribution is -2.51. The molecule has 1 fully saturated rings. The molecule has 0 aromatic carbocycles. The van der Waals surface area contributed by atoms with Gasteiger partial charge in [0.25, 0.3) is 0 Å². The number of aromatic nitrogens is 1. The molecule has 1 aliphatic rings. The Hall–Kier alpha value is -1.46. The van der Waals surface area contributed by atoms with Crippen molar-refractivity contribution in [2.45, 2.75) is 51.7 Å². The van der Waals surface area contributed by atoms with Crippen molar-refractivity contribution >= 4 is 5.97 Å². The Balaban J connectivity index is 1.98. The number of aromatic carboxylic acids is 1. The quantitative estimate of drug-likeness (QED) is 0.870. The average molecular weight is 263 g/mol. The van der Waals surface area contributed by atoms with Gasteiger partial charge < -0.3 is 5.11 Å². The first-order chi connectivity index (χ1) is 9.08. The van der Waals surface area contributed by atoms with Crippen molar-refractivity contribution in [1.82, 2.24) is 15.4 Å². The van der Waals surface area contributed by atoms with Crippen LogP contribution < -0.4 is 5.43 Å². The summed E-state index contributed by atoms with van der Waals surface area (Å²) >= 11 is 0. The molecule has 0 saturated carbocycles. The third kappa shape index (κ3) is 3.52. The lowest BCUT2D eigenvalue weighted by molar-refractivity contribution is 0.0430. The van der Waals surface area contributed by atoms with E-state index in [-0.39, 0.29) is 5.69 Å². The van der Waals surface area contributed by atoms with Gasteiger partial charge in [0, 0.05) is 12.1 Å². The maximum Gasteiger partial charge on any atom is 0.354 e. The van der Waals surface area contributed by atoms with Crippen molar-refractivity contribution in [3.8, 4) is 0 Å². The lowest BCUT2D eigenvalue weighted by atomic mass is 10.00. The van der Waals surface area contributed by atoms with Gasteiger partial charge in [-0.3, -0.25) is 0 Å². The van der Waals surface area contributed by atoms with E-state index in [0.717, 1.165) is 5.69 Å². The standard InChI is InChI=1S/C14H21N3O2/c1-10-5-3-6-11(2)17(10)15-9-12-7-4-8-13(16-12)14(18)19/h4,7-8,10-11,15H,3,5-6,9H2,1-2H3,(H,18,19). The zero-order valence-corrected chi connectivity index (χ0v) is 11.5. The molecule has 1 aromatic heterocycles. The van der Waals surface area contributed by atoms with Crippen LogP contribution in [0.3, 0.4) is 0 Å². The van der Waals surface area contributed by atoms with Gasteiger partial charge in [0.15, 0.2) is 0 Å². The van der Waals surface area contributed by atoms with Gasteiger partial charge in [-0.1, -0.05) is 12.5 Å². The highest BCUT2D eigenvalue weighted by molar-refractivity contribution is 5.85. The molecule has 2 heterocycles. The van der Waals surface area contributed by atoms with E-state index in [0.29, 0.717) is 18.6 Å². The minimum atomic E-state index is -0.985. The van der Waals surface area contributed by atoms with E-state index in [2.05, 4.69) is 29.3 Å². The molecule has 19 heavy (non-hydrogen) atoms. The van der Waals surface area contributed by atoms with Gasteiger partial charge in [-0.15, -0.1) is 0 Å². The van der Waals surface area contributed by atoms with Crippen LogP contribution in [-0.2, 0) is 6.54 Å². The number of nitrogens with zero attached hydrogens (tertiary/aromatic N) is 2. The maximum absolute atomic E-state index is 10.9. The van der Waals surface area contributed by atoms with Gasteiger partial charge in [0.2, 0.25) is 0 Å². The number of carboxylic acid groups (broad SMARTS) is 1. The number of pyridine rings is 1. The lowest BCUT2D eigenvalue weighted by Gasteiger charge is -2.39. The molecule has 1 aliphatic heterocycles. The predicted molar refractivity (Wildman–Crippen MR) is 72.7 cm³/mol. The van der Waals surface area contributed by atoms with E-state index < -0.39 is 5.97 Å². The zero-order chi connectivity index (χ0) is 13.8. The van der Waals surface area contributed by atoms with Crippen molar-refractivity contribution in [3.63, 3.8) is 0 Å². The van der Waals surface area contributed by atoms with Gasteiger partial charge in [0.1, 0.15) is 5.69 Å². The monoisotopic (exact) mass is 263 g/mol. The summed E-state index contributed by atoms with van der Waals surface area (Å²) in [7, 11) is 0. The Morgan fingerprint density at radius 1 is 1.42 bits per heavy atom. The van der Waals surface area contributed by atoms with E-state index in [1.54, 1.807) is 6.07 Å². The minimum Gasteiger partial charge on any atom is -0.477 e. The van der Waals surface area contributed by atoms with Crippen LogP contribution in [0, 0.1) is 0 Å². The number of hydrogen-bond donors (Lipinski definition) is 2. The van der Waals surface area contributed by atoms with Gasteiger partial charge in [0.05, 0.1) is 12.2 Å². The van der Waals surface area contributed by atoms with Crippen LogP contribution in [-0.4, -0.2) is 33.2 Å². The Morgan fingerprint density at radius 2 is 2.11 bits per heavy atom. The van der Waals surface area contributed by atoms with Gasteiger partial charge >= 0.3 is 5.97 Å². The summed E-state index contributed by atoms with van der Waals surface area (Å²) < 4.78 is 0. The fraction of sp³-hybridized carbons (Fsp3) is 0.571. The SMILES string of the molecule is CC1CCCC(C)N1NCc1cccc(C(=O)O)n1. The van der Waals surface area contributed by atoms with Crippen LogP contribution in [0.1, 0.15) is 49.3 Å².